The average Bonchev–Trinajstić information content (AvgIpc) is 2.39. The molecule has 100 valence electrons. The second-order valence-electron chi connectivity index (χ2n) is 4.84. The highest BCUT2D eigenvalue weighted by Crippen LogP contribution is 2.23. The van der Waals surface area contributed by atoms with Crippen LogP contribution in [0.5, 0.6) is 0 Å². The molecule has 1 aromatic carbocycles. The maximum atomic E-state index is 11.9. The largest absolute Gasteiger partial charge is 0.395 e. The van der Waals surface area contributed by atoms with Crippen LogP contribution < -0.4 is 4.90 Å². The zero-order valence-corrected chi connectivity index (χ0v) is 11.3. The Labute approximate surface area is 114 Å². The molecule has 1 amide bonds. The number of anilines is 1. The molecule has 19 heavy (non-hydrogen) atoms. The van der Waals surface area contributed by atoms with Gasteiger partial charge in [0.25, 0.3) is 0 Å². The third-order valence-electron chi connectivity index (χ3n) is 3.17. The summed E-state index contributed by atoms with van der Waals surface area (Å²) in [6, 6.07) is 5.99. The minimum atomic E-state index is 0.0796. The molecule has 3 heteroatoms. The molecule has 0 spiro atoms. The summed E-state index contributed by atoms with van der Waals surface area (Å²) < 4.78 is 0. The van der Waals surface area contributed by atoms with Gasteiger partial charge in [0.2, 0.25) is 5.91 Å². The summed E-state index contributed by atoms with van der Waals surface area (Å²) in [5, 5.41) is 8.74. The number of aryl methyl sites for hydroxylation is 1. The molecule has 3 nitrogen and oxygen atoms in total. The minimum absolute atomic E-state index is 0.0796. The standard InChI is InChI=1S/C16H19NO2/c1-13-10-14(6-3-5-9-18)12-15(11-13)17-8-4-2-7-16(17)19/h10-12,18H,2,4-5,7-9H2,1H3. The first kappa shape index (κ1) is 13.6. The van der Waals surface area contributed by atoms with Crippen LogP contribution in [-0.4, -0.2) is 24.2 Å². The van der Waals surface area contributed by atoms with Crippen molar-refractivity contribution in [3.8, 4) is 11.8 Å². The molecule has 1 aliphatic heterocycles. The van der Waals surface area contributed by atoms with Crippen LogP contribution in [0.15, 0.2) is 18.2 Å². The highest BCUT2D eigenvalue weighted by Gasteiger charge is 2.19. The fourth-order valence-corrected chi connectivity index (χ4v) is 2.29. The molecule has 1 saturated heterocycles. The number of amides is 1. The summed E-state index contributed by atoms with van der Waals surface area (Å²) in [5.41, 5.74) is 2.95. The summed E-state index contributed by atoms with van der Waals surface area (Å²) in [6.45, 7) is 2.89. The van der Waals surface area contributed by atoms with E-state index in [2.05, 4.69) is 11.8 Å². The van der Waals surface area contributed by atoms with E-state index in [9.17, 15) is 4.79 Å². The van der Waals surface area contributed by atoms with E-state index in [0.29, 0.717) is 12.8 Å². The smallest absolute Gasteiger partial charge is 0.226 e. The van der Waals surface area contributed by atoms with Gasteiger partial charge in [-0.05, 0) is 43.5 Å². The summed E-state index contributed by atoms with van der Waals surface area (Å²) in [4.78, 5) is 13.8. The third-order valence-corrected chi connectivity index (χ3v) is 3.17. The monoisotopic (exact) mass is 257 g/mol. The van der Waals surface area contributed by atoms with Gasteiger partial charge < -0.3 is 10.0 Å². The number of hydrogen-bond acceptors (Lipinski definition) is 2. The molecule has 0 saturated carbocycles. The minimum Gasteiger partial charge on any atom is -0.395 e. The lowest BCUT2D eigenvalue weighted by atomic mass is 10.1. The second kappa shape index (κ2) is 6.40. The summed E-state index contributed by atoms with van der Waals surface area (Å²) in [6.07, 6.45) is 3.17. The molecule has 1 N–H and O–H groups in total. The van der Waals surface area contributed by atoms with Crippen molar-refractivity contribution >= 4 is 11.6 Å². The number of aliphatic hydroxyl groups is 1. The lowest BCUT2D eigenvalue weighted by Gasteiger charge is -2.27. The number of benzene rings is 1. The van der Waals surface area contributed by atoms with Crippen LogP contribution in [0.1, 0.15) is 36.8 Å². The zero-order valence-electron chi connectivity index (χ0n) is 11.3. The maximum Gasteiger partial charge on any atom is 0.226 e. The van der Waals surface area contributed by atoms with E-state index >= 15 is 0 Å². The van der Waals surface area contributed by atoms with Gasteiger partial charge in [-0.1, -0.05) is 11.8 Å². The van der Waals surface area contributed by atoms with E-state index in [1.165, 1.54) is 0 Å². The number of nitrogens with zero attached hydrogens (tertiary/aromatic N) is 1. The molecule has 1 heterocycles. The Bertz CT molecular complexity index is 525. The normalized spacial score (nSPS) is 15.1. The van der Waals surface area contributed by atoms with Crippen molar-refractivity contribution in [3.05, 3.63) is 29.3 Å². The fourth-order valence-electron chi connectivity index (χ4n) is 2.29. The van der Waals surface area contributed by atoms with Crippen molar-refractivity contribution in [1.29, 1.82) is 0 Å². The number of hydrogen-bond donors (Lipinski definition) is 1. The Kier molecular flexibility index (Phi) is 4.59. The molecule has 0 aliphatic carbocycles. The van der Waals surface area contributed by atoms with Crippen LogP contribution >= 0.6 is 0 Å². The number of carbonyl (C=O) groups is 1. The van der Waals surface area contributed by atoms with Crippen molar-refractivity contribution < 1.29 is 9.90 Å². The summed E-state index contributed by atoms with van der Waals surface area (Å²) >= 11 is 0. The maximum absolute atomic E-state index is 11.9. The first-order valence-corrected chi connectivity index (χ1v) is 6.72. The molecule has 0 aromatic heterocycles. The van der Waals surface area contributed by atoms with Crippen LogP contribution in [-0.2, 0) is 4.79 Å². The van der Waals surface area contributed by atoms with Crippen LogP contribution in [0.25, 0.3) is 0 Å². The van der Waals surface area contributed by atoms with Crippen molar-refractivity contribution in [3.63, 3.8) is 0 Å². The molecule has 1 fully saturated rings. The molecular weight excluding hydrogens is 238 g/mol. The van der Waals surface area contributed by atoms with Gasteiger partial charge >= 0.3 is 0 Å². The highest BCUT2D eigenvalue weighted by molar-refractivity contribution is 5.94. The van der Waals surface area contributed by atoms with Gasteiger partial charge in [-0.15, -0.1) is 0 Å². The van der Waals surface area contributed by atoms with Gasteiger partial charge in [0.05, 0.1) is 6.61 Å². The first-order chi connectivity index (χ1) is 9.20. The Balaban J connectivity index is 2.26. The van der Waals surface area contributed by atoms with E-state index in [1.807, 2.05) is 30.0 Å². The van der Waals surface area contributed by atoms with Gasteiger partial charge in [-0.25, -0.2) is 0 Å². The van der Waals surface area contributed by atoms with E-state index < -0.39 is 0 Å². The van der Waals surface area contributed by atoms with Gasteiger partial charge in [0.15, 0.2) is 0 Å². The Hall–Kier alpha value is -1.79. The molecule has 0 bridgehead atoms. The Morgan fingerprint density at radius 1 is 1.32 bits per heavy atom. The third kappa shape index (κ3) is 3.59. The quantitative estimate of drug-likeness (QED) is 0.825. The van der Waals surface area contributed by atoms with E-state index in [1.54, 1.807) is 0 Å². The average molecular weight is 257 g/mol. The van der Waals surface area contributed by atoms with Gasteiger partial charge in [-0.2, -0.15) is 0 Å². The van der Waals surface area contributed by atoms with Gasteiger partial charge in [-0.3, -0.25) is 4.79 Å². The number of piperidine rings is 1. The van der Waals surface area contributed by atoms with E-state index in [0.717, 1.165) is 36.2 Å². The zero-order chi connectivity index (χ0) is 13.7. The Morgan fingerprint density at radius 2 is 2.16 bits per heavy atom. The second-order valence-corrected chi connectivity index (χ2v) is 4.84. The van der Waals surface area contributed by atoms with Crippen LogP contribution in [0.4, 0.5) is 5.69 Å². The first-order valence-electron chi connectivity index (χ1n) is 6.72. The lowest BCUT2D eigenvalue weighted by molar-refractivity contribution is -0.119. The van der Waals surface area contributed by atoms with Crippen LogP contribution in [0, 0.1) is 18.8 Å². The van der Waals surface area contributed by atoms with Gasteiger partial charge in [0, 0.05) is 30.6 Å². The van der Waals surface area contributed by atoms with Gasteiger partial charge in [0.1, 0.15) is 0 Å². The molecule has 0 radical (unpaired) electrons. The van der Waals surface area contributed by atoms with Crippen molar-refractivity contribution in [2.24, 2.45) is 0 Å². The number of rotatable bonds is 2. The van der Waals surface area contributed by atoms with Crippen LogP contribution in [0.2, 0.25) is 0 Å². The van der Waals surface area contributed by atoms with Crippen molar-refractivity contribution in [2.45, 2.75) is 32.6 Å². The molecule has 1 aromatic rings. The fraction of sp³-hybridized carbons (Fsp3) is 0.438. The van der Waals surface area contributed by atoms with Crippen LogP contribution in [0.3, 0.4) is 0 Å². The predicted octanol–water partition coefficient (Wildman–Crippen LogP) is 2.25. The summed E-state index contributed by atoms with van der Waals surface area (Å²) in [7, 11) is 0. The molecule has 0 atom stereocenters. The lowest BCUT2D eigenvalue weighted by Crippen LogP contribution is -2.35. The van der Waals surface area contributed by atoms with Crippen molar-refractivity contribution in [1.82, 2.24) is 0 Å². The Morgan fingerprint density at radius 3 is 2.89 bits per heavy atom. The van der Waals surface area contributed by atoms with E-state index in [-0.39, 0.29) is 12.5 Å². The summed E-state index contributed by atoms with van der Waals surface area (Å²) in [5.74, 6) is 6.15. The van der Waals surface area contributed by atoms with E-state index in [4.69, 9.17) is 5.11 Å². The molecule has 0 unspecified atom stereocenters. The molecule has 1 aliphatic rings. The molecular formula is C16H19NO2. The predicted molar refractivity (Wildman–Crippen MR) is 76.0 cm³/mol. The topological polar surface area (TPSA) is 40.5 Å². The van der Waals surface area contributed by atoms with Crippen molar-refractivity contribution in [2.75, 3.05) is 18.1 Å². The highest BCUT2D eigenvalue weighted by atomic mass is 16.2. The SMILES string of the molecule is Cc1cc(C#CCCO)cc(N2CCCCC2=O)c1. The number of carbonyl (C=O) groups excluding carboxylic acids is 1. The molecule has 2 rings (SSSR count). The number of aliphatic hydroxyl groups excluding tert-OH is 1.